The molecule has 8 heteroatoms. The second-order valence-corrected chi connectivity index (χ2v) is 7.09. The number of nitrogens with one attached hydrogen (secondary N) is 2. The third-order valence-corrected chi connectivity index (χ3v) is 4.86. The third kappa shape index (κ3) is 4.60. The third-order valence-electron chi connectivity index (χ3n) is 4.86. The Bertz CT molecular complexity index is 1030. The summed E-state index contributed by atoms with van der Waals surface area (Å²) < 4.78 is 1.95. The lowest BCUT2D eigenvalue weighted by molar-refractivity contribution is -0.384. The maximum Gasteiger partial charge on any atom is 0.293 e. The van der Waals surface area contributed by atoms with E-state index in [2.05, 4.69) is 15.6 Å². The second kappa shape index (κ2) is 8.14. The summed E-state index contributed by atoms with van der Waals surface area (Å²) in [5.41, 5.74) is 2.70. The molecule has 29 heavy (non-hydrogen) atoms. The summed E-state index contributed by atoms with van der Waals surface area (Å²) in [5.74, 6) is -0.344. The van der Waals surface area contributed by atoms with Crippen LogP contribution in [0, 0.1) is 10.1 Å². The van der Waals surface area contributed by atoms with Gasteiger partial charge in [-0.3, -0.25) is 14.9 Å². The van der Waals surface area contributed by atoms with Crippen molar-refractivity contribution >= 4 is 17.3 Å². The first-order valence-corrected chi connectivity index (χ1v) is 9.46. The summed E-state index contributed by atoms with van der Waals surface area (Å²) in [6.45, 7) is 0.985. The average molecular weight is 391 g/mol. The van der Waals surface area contributed by atoms with Crippen molar-refractivity contribution in [1.29, 1.82) is 0 Å². The highest BCUT2D eigenvalue weighted by molar-refractivity contribution is 5.95. The molecule has 1 aromatic heterocycles. The molecule has 1 amide bonds. The molecule has 148 valence electrons. The van der Waals surface area contributed by atoms with Crippen LogP contribution in [0.2, 0.25) is 0 Å². The molecule has 2 aromatic carbocycles. The van der Waals surface area contributed by atoms with Crippen molar-refractivity contribution in [3.63, 3.8) is 0 Å². The van der Waals surface area contributed by atoms with E-state index in [4.69, 9.17) is 0 Å². The SMILES string of the molecule is O=C(NCc1ccccc1Cn1ccnc1)c1ccc(NC2CC2)c([N+](=O)[O-])c1. The number of nitrogens with zero attached hydrogens (tertiary/aromatic N) is 3. The molecule has 3 aromatic rings. The Balaban J connectivity index is 1.46. The fraction of sp³-hybridized carbons (Fsp3) is 0.238. The largest absolute Gasteiger partial charge is 0.377 e. The van der Waals surface area contributed by atoms with Crippen LogP contribution in [-0.2, 0) is 13.1 Å². The zero-order chi connectivity index (χ0) is 20.2. The summed E-state index contributed by atoms with van der Waals surface area (Å²) in [7, 11) is 0. The van der Waals surface area contributed by atoms with E-state index in [1.54, 1.807) is 24.7 Å². The fourth-order valence-electron chi connectivity index (χ4n) is 3.13. The summed E-state index contributed by atoms with van der Waals surface area (Å²) in [6.07, 6.45) is 7.37. The minimum absolute atomic E-state index is 0.0787. The predicted molar refractivity (Wildman–Crippen MR) is 109 cm³/mol. The first-order chi connectivity index (χ1) is 14.1. The molecule has 0 radical (unpaired) electrons. The number of benzene rings is 2. The monoisotopic (exact) mass is 391 g/mol. The van der Waals surface area contributed by atoms with E-state index in [1.165, 1.54) is 6.07 Å². The van der Waals surface area contributed by atoms with Crippen LogP contribution >= 0.6 is 0 Å². The summed E-state index contributed by atoms with van der Waals surface area (Å²) in [5, 5.41) is 17.4. The summed E-state index contributed by atoms with van der Waals surface area (Å²) in [6, 6.07) is 12.7. The number of nitro groups is 1. The van der Waals surface area contributed by atoms with Gasteiger partial charge in [0.25, 0.3) is 11.6 Å². The number of imidazole rings is 1. The highest BCUT2D eigenvalue weighted by Crippen LogP contribution is 2.31. The van der Waals surface area contributed by atoms with Gasteiger partial charge in [0.05, 0.1) is 11.3 Å². The molecule has 0 bridgehead atoms. The van der Waals surface area contributed by atoms with Gasteiger partial charge in [0.2, 0.25) is 0 Å². The molecule has 0 atom stereocenters. The fourth-order valence-corrected chi connectivity index (χ4v) is 3.13. The van der Waals surface area contributed by atoms with Gasteiger partial charge in [0.15, 0.2) is 0 Å². The number of hydrogen-bond acceptors (Lipinski definition) is 5. The molecule has 1 heterocycles. The van der Waals surface area contributed by atoms with Crippen LogP contribution in [0.5, 0.6) is 0 Å². The number of anilines is 1. The molecular formula is C21H21N5O3. The molecule has 4 rings (SSSR count). The molecule has 0 unspecified atom stereocenters. The van der Waals surface area contributed by atoms with Crippen LogP contribution in [0.1, 0.15) is 34.3 Å². The van der Waals surface area contributed by atoms with Gasteiger partial charge >= 0.3 is 0 Å². The van der Waals surface area contributed by atoms with Gasteiger partial charge < -0.3 is 15.2 Å². The minimum atomic E-state index is -0.456. The standard InChI is InChI=1S/C21H21N5O3/c27-21(15-5-8-19(24-18-6-7-18)20(11-15)26(28)29)23-12-16-3-1-2-4-17(16)13-25-10-9-22-14-25/h1-5,8-11,14,18,24H,6-7,12-13H2,(H,23,27). The zero-order valence-corrected chi connectivity index (χ0v) is 15.7. The Morgan fingerprint density at radius 3 is 2.69 bits per heavy atom. The van der Waals surface area contributed by atoms with E-state index in [9.17, 15) is 14.9 Å². The van der Waals surface area contributed by atoms with Crippen LogP contribution in [0.15, 0.2) is 61.2 Å². The van der Waals surface area contributed by atoms with Crippen LogP contribution in [0.3, 0.4) is 0 Å². The van der Waals surface area contributed by atoms with Crippen molar-refractivity contribution in [2.24, 2.45) is 0 Å². The van der Waals surface area contributed by atoms with Crippen molar-refractivity contribution in [3.8, 4) is 0 Å². The first-order valence-electron chi connectivity index (χ1n) is 9.46. The Kier molecular flexibility index (Phi) is 5.24. The van der Waals surface area contributed by atoms with Gasteiger partial charge in [-0.2, -0.15) is 0 Å². The van der Waals surface area contributed by atoms with Gasteiger partial charge in [-0.25, -0.2) is 4.98 Å². The molecule has 0 aliphatic heterocycles. The van der Waals surface area contributed by atoms with Gasteiger partial charge in [-0.15, -0.1) is 0 Å². The number of aromatic nitrogens is 2. The number of carbonyl (C=O) groups excluding carboxylic acids is 1. The molecule has 2 N–H and O–H groups in total. The van der Waals surface area contributed by atoms with Gasteiger partial charge in [-0.1, -0.05) is 24.3 Å². The van der Waals surface area contributed by atoms with Crippen molar-refractivity contribution in [2.45, 2.75) is 32.0 Å². The predicted octanol–water partition coefficient (Wildman–Crippen LogP) is 3.34. The maximum absolute atomic E-state index is 12.6. The van der Waals surface area contributed by atoms with E-state index in [0.29, 0.717) is 24.8 Å². The lowest BCUT2D eigenvalue weighted by atomic mass is 10.1. The first kappa shape index (κ1) is 18.7. The van der Waals surface area contributed by atoms with Gasteiger partial charge in [0, 0.05) is 43.2 Å². The molecule has 1 fully saturated rings. The zero-order valence-electron chi connectivity index (χ0n) is 15.7. The van der Waals surface area contributed by atoms with Crippen LogP contribution in [0.25, 0.3) is 0 Å². The minimum Gasteiger partial charge on any atom is -0.377 e. The van der Waals surface area contributed by atoms with E-state index in [1.807, 2.05) is 35.0 Å². The van der Waals surface area contributed by atoms with Gasteiger partial charge in [-0.05, 0) is 36.1 Å². The van der Waals surface area contributed by atoms with Crippen LogP contribution < -0.4 is 10.6 Å². The van der Waals surface area contributed by atoms with Crippen LogP contribution in [0.4, 0.5) is 11.4 Å². The highest BCUT2D eigenvalue weighted by atomic mass is 16.6. The maximum atomic E-state index is 12.6. The topological polar surface area (TPSA) is 102 Å². The quantitative estimate of drug-likeness (QED) is 0.453. The number of amides is 1. The van der Waals surface area contributed by atoms with Crippen molar-refractivity contribution in [2.75, 3.05) is 5.32 Å². The Labute approximate surface area is 167 Å². The van der Waals surface area contributed by atoms with E-state index in [0.717, 1.165) is 24.0 Å². The Hall–Kier alpha value is -3.68. The highest BCUT2D eigenvalue weighted by Gasteiger charge is 2.25. The molecule has 1 saturated carbocycles. The van der Waals surface area contributed by atoms with Crippen molar-refractivity contribution in [1.82, 2.24) is 14.9 Å². The van der Waals surface area contributed by atoms with Crippen molar-refractivity contribution in [3.05, 3.63) is 88.0 Å². The van der Waals surface area contributed by atoms with E-state index < -0.39 is 4.92 Å². The second-order valence-electron chi connectivity index (χ2n) is 7.09. The molecule has 8 nitrogen and oxygen atoms in total. The molecule has 0 saturated heterocycles. The molecular weight excluding hydrogens is 370 g/mol. The lowest BCUT2D eigenvalue weighted by Crippen LogP contribution is -2.23. The molecule has 1 aliphatic carbocycles. The van der Waals surface area contributed by atoms with E-state index in [-0.39, 0.29) is 17.2 Å². The van der Waals surface area contributed by atoms with Crippen molar-refractivity contribution < 1.29 is 9.72 Å². The summed E-state index contributed by atoms with van der Waals surface area (Å²) in [4.78, 5) is 27.6. The number of nitro benzene ring substituents is 1. The lowest BCUT2D eigenvalue weighted by Gasteiger charge is -2.12. The van der Waals surface area contributed by atoms with E-state index >= 15 is 0 Å². The Morgan fingerprint density at radius 1 is 1.21 bits per heavy atom. The number of carbonyl (C=O) groups is 1. The average Bonchev–Trinajstić information content (AvgIpc) is 3.39. The normalized spacial score (nSPS) is 13.1. The van der Waals surface area contributed by atoms with Gasteiger partial charge in [0.1, 0.15) is 5.69 Å². The number of rotatable bonds is 8. The smallest absolute Gasteiger partial charge is 0.293 e. The Morgan fingerprint density at radius 2 is 2.00 bits per heavy atom. The summed E-state index contributed by atoms with van der Waals surface area (Å²) >= 11 is 0. The molecule has 1 aliphatic rings. The number of hydrogen-bond donors (Lipinski definition) is 2. The molecule has 0 spiro atoms. The van der Waals surface area contributed by atoms with Crippen LogP contribution in [-0.4, -0.2) is 26.4 Å².